The molecule has 1 amide bonds. The maximum Gasteiger partial charge on any atom is 0.246 e. The Morgan fingerprint density at radius 2 is 2.17 bits per heavy atom. The molecule has 0 saturated carbocycles. The second-order valence-corrected chi connectivity index (χ2v) is 5.43. The number of ether oxygens (including phenoxy) is 1. The highest BCUT2D eigenvalue weighted by Crippen LogP contribution is 2.27. The fraction of sp³-hybridized carbons (Fsp3) is 0.125. The summed E-state index contributed by atoms with van der Waals surface area (Å²) < 4.78 is 6.68. The normalized spacial score (nSPS) is 10.7. The Morgan fingerprint density at radius 1 is 1.35 bits per heavy atom. The Kier molecular flexibility index (Phi) is 4.08. The molecule has 1 heterocycles. The summed E-state index contributed by atoms with van der Waals surface area (Å²) in [6, 6.07) is 10.5. The molecule has 0 aliphatic carbocycles. The van der Waals surface area contributed by atoms with Crippen LogP contribution in [0.5, 0.6) is 5.75 Å². The van der Waals surface area contributed by atoms with Gasteiger partial charge in [0.2, 0.25) is 5.91 Å². The molecule has 1 aromatic heterocycles. The molecule has 0 aliphatic rings. The number of anilines is 2. The molecular formula is C16H15ClN4O2. The van der Waals surface area contributed by atoms with Crippen LogP contribution in [0.15, 0.2) is 42.6 Å². The maximum atomic E-state index is 12.2. The Labute approximate surface area is 137 Å². The van der Waals surface area contributed by atoms with Crippen LogP contribution in [0, 0.1) is 0 Å². The van der Waals surface area contributed by atoms with Gasteiger partial charge in [-0.2, -0.15) is 5.10 Å². The average Bonchev–Trinajstić information content (AvgIpc) is 2.89. The molecule has 3 N–H and O–H groups in total. The number of carbonyl (C=O) groups is 1. The Hall–Kier alpha value is -2.73. The molecule has 23 heavy (non-hydrogen) atoms. The van der Waals surface area contributed by atoms with Crippen molar-refractivity contribution in [1.82, 2.24) is 9.78 Å². The van der Waals surface area contributed by atoms with Crippen molar-refractivity contribution in [3.63, 3.8) is 0 Å². The van der Waals surface area contributed by atoms with Gasteiger partial charge in [-0.25, -0.2) is 0 Å². The number of hydrogen-bond donors (Lipinski definition) is 2. The van der Waals surface area contributed by atoms with Gasteiger partial charge in [0.1, 0.15) is 12.3 Å². The molecule has 0 bridgehead atoms. The fourth-order valence-electron chi connectivity index (χ4n) is 2.29. The van der Waals surface area contributed by atoms with Crippen molar-refractivity contribution in [2.45, 2.75) is 6.54 Å². The van der Waals surface area contributed by atoms with Gasteiger partial charge in [-0.3, -0.25) is 9.48 Å². The molecule has 6 nitrogen and oxygen atoms in total. The number of amides is 1. The van der Waals surface area contributed by atoms with Crippen LogP contribution in [0.3, 0.4) is 0 Å². The lowest BCUT2D eigenvalue weighted by atomic mass is 10.2. The number of halogens is 1. The van der Waals surface area contributed by atoms with Crippen LogP contribution < -0.4 is 15.8 Å². The molecule has 0 fully saturated rings. The van der Waals surface area contributed by atoms with Crippen molar-refractivity contribution in [2.75, 3.05) is 18.2 Å². The van der Waals surface area contributed by atoms with Gasteiger partial charge in [-0.05, 0) is 36.4 Å². The van der Waals surface area contributed by atoms with Gasteiger partial charge in [-0.15, -0.1) is 0 Å². The highest BCUT2D eigenvalue weighted by Gasteiger charge is 2.09. The van der Waals surface area contributed by atoms with E-state index >= 15 is 0 Å². The number of nitrogen functional groups attached to an aromatic ring is 1. The van der Waals surface area contributed by atoms with E-state index in [2.05, 4.69) is 10.4 Å². The molecule has 118 valence electrons. The second-order valence-electron chi connectivity index (χ2n) is 5.02. The molecule has 0 saturated heterocycles. The minimum absolute atomic E-state index is 0.0800. The van der Waals surface area contributed by atoms with E-state index in [1.165, 1.54) is 7.11 Å². The quantitative estimate of drug-likeness (QED) is 0.721. The van der Waals surface area contributed by atoms with Gasteiger partial charge >= 0.3 is 0 Å². The number of aromatic nitrogens is 2. The Bertz CT molecular complexity index is 876. The van der Waals surface area contributed by atoms with E-state index < -0.39 is 0 Å². The van der Waals surface area contributed by atoms with Crippen molar-refractivity contribution < 1.29 is 9.53 Å². The largest absolute Gasteiger partial charge is 0.495 e. The van der Waals surface area contributed by atoms with E-state index in [0.717, 1.165) is 10.9 Å². The lowest BCUT2D eigenvalue weighted by molar-refractivity contribution is -0.116. The summed E-state index contributed by atoms with van der Waals surface area (Å²) in [5.74, 6) is 0.344. The lowest BCUT2D eigenvalue weighted by Gasteiger charge is -2.09. The number of nitrogens with zero attached hydrogens (tertiary/aromatic N) is 2. The molecule has 0 aliphatic heterocycles. The van der Waals surface area contributed by atoms with Crippen molar-refractivity contribution in [2.24, 2.45) is 0 Å². The molecule has 3 aromatic rings. The summed E-state index contributed by atoms with van der Waals surface area (Å²) in [7, 11) is 1.54. The van der Waals surface area contributed by atoms with Crippen LogP contribution in [-0.2, 0) is 11.3 Å². The van der Waals surface area contributed by atoms with E-state index in [9.17, 15) is 4.79 Å². The van der Waals surface area contributed by atoms with Crippen molar-refractivity contribution in [1.29, 1.82) is 0 Å². The predicted octanol–water partition coefficient (Wildman–Crippen LogP) is 2.92. The van der Waals surface area contributed by atoms with Crippen LogP contribution in [0.25, 0.3) is 10.9 Å². The van der Waals surface area contributed by atoms with Crippen LogP contribution in [0.2, 0.25) is 5.02 Å². The summed E-state index contributed by atoms with van der Waals surface area (Å²) in [4.78, 5) is 12.2. The predicted molar refractivity (Wildman–Crippen MR) is 90.8 cm³/mol. The van der Waals surface area contributed by atoms with Gasteiger partial charge < -0.3 is 15.8 Å². The highest BCUT2D eigenvalue weighted by atomic mass is 35.5. The number of rotatable bonds is 4. The Balaban J connectivity index is 1.76. The molecule has 0 radical (unpaired) electrons. The molecule has 3 rings (SSSR count). The topological polar surface area (TPSA) is 82.2 Å². The first kappa shape index (κ1) is 15.2. The first-order valence-corrected chi connectivity index (χ1v) is 7.29. The van der Waals surface area contributed by atoms with Crippen LogP contribution in [0.4, 0.5) is 11.4 Å². The number of fused-ring (bicyclic) bond motifs is 1. The maximum absolute atomic E-state index is 12.2. The SMILES string of the molecule is COc1ccc(NC(=O)Cn2ncc3ccc(N)cc32)cc1Cl. The van der Waals surface area contributed by atoms with E-state index in [4.69, 9.17) is 22.1 Å². The molecule has 7 heteroatoms. The van der Waals surface area contributed by atoms with Gasteiger partial charge in [0.25, 0.3) is 0 Å². The third-order valence-corrected chi connectivity index (χ3v) is 3.69. The van der Waals surface area contributed by atoms with E-state index in [1.807, 2.05) is 6.07 Å². The highest BCUT2D eigenvalue weighted by molar-refractivity contribution is 6.32. The standard InChI is InChI=1S/C16H15ClN4O2/c1-23-15-5-4-12(7-13(15)17)20-16(22)9-21-14-6-11(18)3-2-10(14)8-19-21/h2-8H,9,18H2,1H3,(H,20,22). The lowest BCUT2D eigenvalue weighted by Crippen LogP contribution is -2.19. The van der Waals surface area contributed by atoms with Gasteiger partial charge in [-0.1, -0.05) is 11.6 Å². The molecule has 0 atom stereocenters. The summed E-state index contributed by atoms with van der Waals surface area (Å²) in [6.45, 7) is 0.0800. The van der Waals surface area contributed by atoms with E-state index in [-0.39, 0.29) is 12.5 Å². The van der Waals surface area contributed by atoms with Crippen molar-refractivity contribution in [3.8, 4) is 5.75 Å². The number of benzene rings is 2. The van der Waals surface area contributed by atoms with E-state index in [0.29, 0.717) is 22.1 Å². The summed E-state index contributed by atoms with van der Waals surface area (Å²) >= 11 is 6.04. The number of hydrogen-bond acceptors (Lipinski definition) is 4. The average molecular weight is 331 g/mol. The monoisotopic (exact) mass is 330 g/mol. The van der Waals surface area contributed by atoms with Gasteiger partial charge in [0.05, 0.1) is 23.8 Å². The smallest absolute Gasteiger partial charge is 0.246 e. The first-order valence-electron chi connectivity index (χ1n) is 6.91. The van der Waals surface area contributed by atoms with Crippen molar-refractivity contribution >= 4 is 39.8 Å². The molecule has 0 spiro atoms. The molecule has 2 aromatic carbocycles. The Morgan fingerprint density at radius 3 is 2.91 bits per heavy atom. The van der Waals surface area contributed by atoms with Gasteiger partial charge in [0.15, 0.2) is 0 Å². The van der Waals surface area contributed by atoms with Gasteiger partial charge in [0, 0.05) is 16.8 Å². The van der Waals surface area contributed by atoms with Crippen LogP contribution >= 0.6 is 11.6 Å². The minimum atomic E-state index is -0.210. The number of nitrogens with two attached hydrogens (primary N) is 1. The zero-order valence-corrected chi connectivity index (χ0v) is 13.2. The zero-order valence-electron chi connectivity index (χ0n) is 12.4. The first-order chi connectivity index (χ1) is 11.1. The second kappa shape index (κ2) is 6.18. The summed E-state index contributed by atoms with van der Waals surface area (Å²) in [5, 5.41) is 8.36. The van der Waals surface area contributed by atoms with Crippen LogP contribution in [-0.4, -0.2) is 22.8 Å². The third kappa shape index (κ3) is 3.22. The minimum Gasteiger partial charge on any atom is -0.495 e. The number of nitrogens with one attached hydrogen (secondary N) is 1. The third-order valence-electron chi connectivity index (χ3n) is 3.40. The number of methoxy groups -OCH3 is 1. The zero-order chi connectivity index (χ0) is 16.4. The summed E-state index contributed by atoms with van der Waals surface area (Å²) in [5.41, 5.74) is 7.82. The van der Waals surface area contributed by atoms with Crippen LogP contribution in [0.1, 0.15) is 0 Å². The van der Waals surface area contributed by atoms with E-state index in [1.54, 1.807) is 41.2 Å². The number of carbonyl (C=O) groups excluding carboxylic acids is 1. The fourth-order valence-corrected chi connectivity index (χ4v) is 2.55. The molecule has 0 unspecified atom stereocenters. The molecular weight excluding hydrogens is 316 g/mol. The van der Waals surface area contributed by atoms with Crippen molar-refractivity contribution in [3.05, 3.63) is 47.6 Å². The summed E-state index contributed by atoms with van der Waals surface area (Å²) in [6.07, 6.45) is 1.70.